The number of carbonyl (C=O) groups is 1. The number of ether oxygens (including phenoxy) is 2. The summed E-state index contributed by atoms with van der Waals surface area (Å²) in [7, 11) is 1.39. The molecule has 2 unspecified atom stereocenters. The Morgan fingerprint density at radius 2 is 1.43 bits per heavy atom. The number of hydrogen-bond acceptors (Lipinski definition) is 3. The fourth-order valence-corrected chi connectivity index (χ4v) is 2.99. The summed E-state index contributed by atoms with van der Waals surface area (Å²) in [6, 6.07) is 0. The molecule has 0 N–H and O–H groups in total. The van der Waals surface area contributed by atoms with Crippen LogP contribution in [0.5, 0.6) is 0 Å². The first-order chi connectivity index (χ1) is 11.3. The van der Waals surface area contributed by atoms with Gasteiger partial charge in [0.2, 0.25) is 0 Å². The highest BCUT2D eigenvalue weighted by molar-refractivity contribution is 5.81. The molecule has 1 rings (SSSR count). The number of carbonyl (C=O) groups excluding carboxylic acids is 1. The summed E-state index contributed by atoms with van der Waals surface area (Å²) in [5, 5.41) is 0. The van der Waals surface area contributed by atoms with E-state index in [0.717, 1.165) is 6.42 Å². The number of unbranched alkanes of at least 4 members (excludes halogenated alkanes) is 11. The minimum atomic E-state index is -0.301. The minimum Gasteiger partial charge on any atom is -0.466 e. The summed E-state index contributed by atoms with van der Waals surface area (Å²) < 4.78 is 10.1. The lowest BCUT2D eigenvalue weighted by atomic mass is 10.0. The fourth-order valence-electron chi connectivity index (χ4n) is 2.99. The Balaban J connectivity index is 1.78. The monoisotopic (exact) mass is 324 g/mol. The third-order valence-electron chi connectivity index (χ3n) is 4.59. The van der Waals surface area contributed by atoms with Crippen LogP contribution in [-0.2, 0) is 14.3 Å². The maximum atomic E-state index is 11.0. The molecule has 1 aliphatic heterocycles. The summed E-state index contributed by atoms with van der Waals surface area (Å²) in [5.41, 5.74) is 0. The molecule has 0 aromatic heterocycles. The second-order valence-corrected chi connectivity index (χ2v) is 6.70. The molecule has 0 radical (unpaired) electrons. The standard InChI is InChI=1S/C20H36O3/c1-3-4-5-6-7-8-9-10-11-12-13-14-15-18-19(23-18)16-17-20(21)22-2/h16-19H,3-15H2,1-2H3. The molecule has 0 bridgehead atoms. The molecule has 1 fully saturated rings. The van der Waals surface area contributed by atoms with Crippen molar-refractivity contribution in [2.75, 3.05) is 7.11 Å². The van der Waals surface area contributed by atoms with Gasteiger partial charge in [-0.25, -0.2) is 4.79 Å². The molecule has 3 nitrogen and oxygen atoms in total. The van der Waals surface area contributed by atoms with E-state index in [0.29, 0.717) is 6.10 Å². The van der Waals surface area contributed by atoms with Crippen molar-refractivity contribution in [3.8, 4) is 0 Å². The minimum absolute atomic E-state index is 0.141. The second-order valence-electron chi connectivity index (χ2n) is 6.70. The van der Waals surface area contributed by atoms with Gasteiger partial charge in [-0.3, -0.25) is 0 Å². The zero-order chi connectivity index (χ0) is 16.8. The lowest BCUT2D eigenvalue weighted by Crippen LogP contribution is -1.96. The quantitative estimate of drug-likeness (QED) is 0.171. The Morgan fingerprint density at radius 3 is 1.96 bits per heavy atom. The molecule has 1 aliphatic rings. The highest BCUT2D eigenvalue weighted by atomic mass is 16.6. The van der Waals surface area contributed by atoms with E-state index in [4.69, 9.17) is 4.74 Å². The van der Waals surface area contributed by atoms with Gasteiger partial charge in [-0.2, -0.15) is 0 Å². The van der Waals surface area contributed by atoms with Gasteiger partial charge in [-0.1, -0.05) is 84.0 Å². The van der Waals surface area contributed by atoms with E-state index in [1.54, 1.807) is 0 Å². The van der Waals surface area contributed by atoms with Crippen LogP contribution >= 0.6 is 0 Å². The van der Waals surface area contributed by atoms with Crippen molar-refractivity contribution in [3.05, 3.63) is 12.2 Å². The fraction of sp³-hybridized carbons (Fsp3) is 0.850. The molecule has 2 atom stereocenters. The van der Waals surface area contributed by atoms with E-state index in [2.05, 4.69) is 11.7 Å². The first-order valence-electron chi connectivity index (χ1n) is 9.69. The van der Waals surface area contributed by atoms with Crippen LogP contribution in [0.1, 0.15) is 90.4 Å². The average molecular weight is 325 g/mol. The van der Waals surface area contributed by atoms with E-state index >= 15 is 0 Å². The third kappa shape index (κ3) is 11.4. The number of epoxide rings is 1. The highest BCUT2D eigenvalue weighted by Crippen LogP contribution is 2.28. The van der Waals surface area contributed by atoms with Crippen molar-refractivity contribution >= 4 is 5.97 Å². The molecule has 1 heterocycles. The van der Waals surface area contributed by atoms with Crippen molar-refractivity contribution in [1.82, 2.24) is 0 Å². The maximum Gasteiger partial charge on any atom is 0.330 e. The van der Waals surface area contributed by atoms with Gasteiger partial charge in [-0.15, -0.1) is 0 Å². The average Bonchev–Trinajstić information content (AvgIpc) is 3.32. The molecule has 0 aliphatic carbocycles. The second kappa shape index (κ2) is 13.6. The zero-order valence-electron chi connectivity index (χ0n) is 15.2. The van der Waals surface area contributed by atoms with Crippen LogP contribution in [0.3, 0.4) is 0 Å². The highest BCUT2D eigenvalue weighted by Gasteiger charge is 2.35. The third-order valence-corrected chi connectivity index (χ3v) is 4.59. The Kier molecular flexibility index (Phi) is 11.9. The molecule has 0 spiro atoms. The van der Waals surface area contributed by atoms with Crippen LogP contribution < -0.4 is 0 Å². The topological polar surface area (TPSA) is 38.8 Å². The predicted octanol–water partition coefficient (Wildman–Crippen LogP) is 5.57. The van der Waals surface area contributed by atoms with Crippen molar-refractivity contribution in [3.63, 3.8) is 0 Å². The summed E-state index contributed by atoms with van der Waals surface area (Å²) in [6.07, 6.45) is 21.4. The van der Waals surface area contributed by atoms with Gasteiger partial charge in [0.15, 0.2) is 0 Å². The lowest BCUT2D eigenvalue weighted by molar-refractivity contribution is -0.134. The van der Waals surface area contributed by atoms with Crippen LogP contribution in [0.15, 0.2) is 12.2 Å². The molecule has 0 aromatic rings. The number of methoxy groups -OCH3 is 1. The lowest BCUT2D eigenvalue weighted by Gasteiger charge is -2.02. The van der Waals surface area contributed by atoms with Crippen LogP contribution in [-0.4, -0.2) is 25.3 Å². The molecular weight excluding hydrogens is 288 g/mol. The summed E-state index contributed by atoms with van der Waals surface area (Å²) in [6.45, 7) is 2.27. The van der Waals surface area contributed by atoms with Gasteiger partial charge in [0, 0.05) is 6.08 Å². The molecule has 3 heteroatoms. The van der Waals surface area contributed by atoms with Gasteiger partial charge < -0.3 is 9.47 Å². The van der Waals surface area contributed by atoms with Gasteiger partial charge in [-0.05, 0) is 12.5 Å². The molecule has 0 aromatic carbocycles. The van der Waals surface area contributed by atoms with Crippen LogP contribution in [0.2, 0.25) is 0 Å². The molecule has 1 saturated heterocycles. The van der Waals surface area contributed by atoms with Crippen molar-refractivity contribution < 1.29 is 14.3 Å². The maximum absolute atomic E-state index is 11.0. The number of esters is 1. The van der Waals surface area contributed by atoms with E-state index < -0.39 is 0 Å². The van der Waals surface area contributed by atoms with Gasteiger partial charge in [0.1, 0.15) is 6.10 Å². The zero-order valence-corrected chi connectivity index (χ0v) is 15.2. The van der Waals surface area contributed by atoms with Crippen molar-refractivity contribution in [1.29, 1.82) is 0 Å². The molecule has 0 saturated carbocycles. The van der Waals surface area contributed by atoms with Crippen molar-refractivity contribution in [2.45, 2.75) is 103 Å². The summed E-state index contributed by atoms with van der Waals surface area (Å²) >= 11 is 0. The van der Waals surface area contributed by atoms with Crippen LogP contribution in [0.25, 0.3) is 0 Å². The largest absolute Gasteiger partial charge is 0.466 e. The van der Waals surface area contributed by atoms with Crippen molar-refractivity contribution in [2.24, 2.45) is 0 Å². The van der Waals surface area contributed by atoms with Gasteiger partial charge in [0.05, 0.1) is 13.2 Å². The molecular formula is C20H36O3. The number of rotatable bonds is 15. The Bertz CT molecular complexity index is 325. The van der Waals surface area contributed by atoms with E-state index in [1.807, 2.05) is 6.08 Å². The Labute approximate surface area is 142 Å². The number of hydrogen-bond donors (Lipinski definition) is 0. The summed E-state index contributed by atoms with van der Waals surface area (Å²) in [5.74, 6) is -0.301. The smallest absolute Gasteiger partial charge is 0.330 e. The molecule has 134 valence electrons. The van der Waals surface area contributed by atoms with E-state index in [1.165, 1.54) is 90.2 Å². The normalized spacial score (nSPS) is 20.1. The first-order valence-corrected chi connectivity index (χ1v) is 9.69. The van der Waals surface area contributed by atoms with Gasteiger partial charge in [0.25, 0.3) is 0 Å². The predicted molar refractivity (Wildman–Crippen MR) is 95.5 cm³/mol. The van der Waals surface area contributed by atoms with Crippen LogP contribution in [0, 0.1) is 0 Å². The van der Waals surface area contributed by atoms with E-state index in [-0.39, 0.29) is 12.1 Å². The summed E-state index contributed by atoms with van der Waals surface area (Å²) in [4.78, 5) is 11.0. The van der Waals surface area contributed by atoms with Crippen LogP contribution in [0.4, 0.5) is 0 Å². The Hall–Kier alpha value is -0.830. The molecule has 23 heavy (non-hydrogen) atoms. The molecule has 0 amide bonds. The SMILES string of the molecule is CCCCCCCCCCCCCCC1OC1C=CC(=O)OC. The van der Waals surface area contributed by atoms with E-state index in [9.17, 15) is 4.79 Å². The first kappa shape index (κ1) is 20.2. The van der Waals surface area contributed by atoms with Gasteiger partial charge >= 0.3 is 5.97 Å². The Morgan fingerprint density at radius 1 is 0.913 bits per heavy atom.